The van der Waals surface area contributed by atoms with Crippen LogP contribution in [-0.4, -0.2) is 115 Å². The van der Waals surface area contributed by atoms with E-state index in [1.165, 1.54) is 0 Å². The largest absolute Gasteiger partial charge is 0.497 e. The second-order valence-electron chi connectivity index (χ2n) is 12.8. The molecule has 0 aliphatic heterocycles. The summed E-state index contributed by atoms with van der Waals surface area (Å²) in [7, 11) is 3.77. The molecule has 3 aromatic carbocycles. The molecule has 0 unspecified atom stereocenters. The van der Waals surface area contributed by atoms with Crippen molar-refractivity contribution in [1.82, 2.24) is 0 Å². The van der Waals surface area contributed by atoms with Crippen LogP contribution in [0.2, 0.25) is 25.7 Å². The van der Waals surface area contributed by atoms with E-state index in [4.69, 9.17) is 47.4 Å². The predicted molar refractivity (Wildman–Crippen MR) is 197 cm³/mol. The van der Waals surface area contributed by atoms with Crippen LogP contribution in [0.5, 0.6) is 11.5 Å². The first-order valence-corrected chi connectivity index (χ1v) is 21.0. The highest BCUT2D eigenvalue weighted by Gasteiger charge is 2.38. The van der Waals surface area contributed by atoms with E-state index in [-0.39, 0.29) is 20.0 Å². The third-order valence-electron chi connectivity index (χ3n) is 7.88. The van der Waals surface area contributed by atoms with Gasteiger partial charge in [-0.25, -0.2) is 0 Å². The fourth-order valence-corrected chi connectivity index (χ4v) is 5.83. The Morgan fingerprint density at radius 2 is 1.02 bits per heavy atom. The van der Waals surface area contributed by atoms with E-state index in [9.17, 15) is 0 Å². The number of hydrogen-bond donors (Lipinski definition) is 0. The molecule has 0 aliphatic carbocycles. The van der Waals surface area contributed by atoms with Crippen molar-refractivity contribution < 1.29 is 47.4 Å². The van der Waals surface area contributed by atoms with Gasteiger partial charge in [0.1, 0.15) is 30.0 Å². The van der Waals surface area contributed by atoms with Crippen LogP contribution >= 0.6 is 0 Å². The van der Waals surface area contributed by atoms with Gasteiger partial charge in [0.15, 0.2) is 0 Å². The van der Waals surface area contributed by atoms with Gasteiger partial charge in [0.05, 0.1) is 80.3 Å². The molecule has 0 spiro atoms. The quantitative estimate of drug-likeness (QED) is 0.0363. The smallest absolute Gasteiger partial charge is 0.146 e. The predicted octanol–water partition coefficient (Wildman–Crippen LogP) is 6.42. The summed E-state index contributed by atoms with van der Waals surface area (Å²) in [6.45, 7) is 12.2. The lowest BCUT2D eigenvalue weighted by Gasteiger charge is -2.37. The van der Waals surface area contributed by atoms with E-state index in [2.05, 4.69) is 31.8 Å². The summed E-state index contributed by atoms with van der Waals surface area (Å²) in [5, 5.41) is 0. The molecule has 0 aromatic heterocycles. The Kier molecular flexibility index (Phi) is 19.6. The monoisotopic (exact) mass is 714 g/mol. The van der Waals surface area contributed by atoms with Gasteiger partial charge in [-0.1, -0.05) is 74.2 Å². The summed E-state index contributed by atoms with van der Waals surface area (Å²) in [5.41, 5.74) is 1.88. The summed E-state index contributed by atoms with van der Waals surface area (Å²) in [5.74, 6) is 1.52. The van der Waals surface area contributed by atoms with Crippen molar-refractivity contribution in [3.05, 3.63) is 95.6 Å². The van der Waals surface area contributed by atoms with E-state index in [0.29, 0.717) is 59.5 Å². The lowest BCUT2D eigenvalue weighted by atomic mass is 9.80. The van der Waals surface area contributed by atoms with Crippen LogP contribution in [0.3, 0.4) is 0 Å². The number of benzene rings is 3. The molecule has 0 saturated heterocycles. The third-order valence-corrected chi connectivity index (χ3v) is 9.59. The number of rotatable bonds is 28. The SMILES string of the molecule is COCCOCCOCCOCCO[C@H](COCOCC[Si](C)(C)C)COC(c1ccccc1)(c1ccc(OC)cc1)c1ccc(OC)cc1. The maximum Gasteiger partial charge on any atom is 0.146 e. The zero-order valence-electron chi connectivity index (χ0n) is 30.9. The van der Waals surface area contributed by atoms with E-state index in [1.807, 2.05) is 66.7 Å². The molecule has 3 aromatic rings. The molecule has 278 valence electrons. The first-order valence-electron chi connectivity index (χ1n) is 17.3. The van der Waals surface area contributed by atoms with Crippen molar-refractivity contribution in [2.24, 2.45) is 0 Å². The minimum absolute atomic E-state index is 0.189. The maximum absolute atomic E-state index is 7.08. The molecule has 0 amide bonds. The second kappa shape index (κ2) is 23.6. The van der Waals surface area contributed by atoms with Crippen LogP contribution in [-0.2, 0) is 43.5 Å². The van der Waals surface area contributed by atoms with Crippen molar-refractivity contribution in [3.63, 3.8) is 0 Å². The van der Waals surface area contributed by atoms with Gasteiger partial charge in [-0.2, -0.15) is 0 Å². The molecule has 10 nitrogen and oxygen atoms in total. The summed E-state index contributed by atoms with van der Waals surface area (Å²) in [6, 6.07) is 27.2. The van der Waals surface area contributed by atoms with Gasteiger partial charge in [-0.3, -0.25) is 0 Å². The molecule has 11 heteroatoms. The van der Waals surface area contributed by atoms with Crippen molar-refractivity contribution in [2.45, 2.75) is 37.4 Å². The number of hydrogen-bond acceptors (Lipinski definition) is 10. The van der Waals surface area contributed by atoms with Crippen LogP contribution in [0.4, 0.5) is 0 Å². The maximum atomic E-state index is 7.08. The van der Waals surface area contributed by atoms with Gasteiger partial charge < -0.3 is 47.4 Å². The molecule has 0 saturated carbocycles. The third kappa shape index (κ3) is 14.8. The first-order chi connectivity index (χ1) is 24.3. The van der Waals surface area contributed by atoms with E-state index >= 15 is 0 Å². The molecule has 0 aliphatic rings. The Bertz CT molecular complexity index is 1220. The Hall–Kier alpha value is -2.84. The standard InChI is InChI=1S/C39H58O10Si/c1-40-20-21-43-22-23-44-24-25-45-26-27-48-38(30-47-32-46-28-29-50(4,5)6)31-49-39(33-10-8-7-9-11-33,34-12-16-36(41-2)17-13-34)35-14-18-37(42-3)19-15-35/h7-19,38H,20-32H2,1-6H3/t38-/m1/s1. The summed E-state index contributed by atoms with van der Waals surface area (Å²) in [4.78, 5) is 0. The molecule has 1 atom stereocenters. The van der Waals surface area contributed by atoms with Gasteiger partial charge in [0.2, 0.25) is 0 Å². The molecule has 0 fully saturated rings. The molecule has 0 heterocycles. The lowest BCUT2D eigenvalue weighted by molar-refractivity contribution is -0.127. The highest BCUT2D eigenvalue weighted by Crippen LogP contribution is 2.41. The van der Waals surface area contributed by atoms with Gasteiger partial charge in [0, 0.05) is 21.8 Å². The van der Waals surface area contributed by atoms with Gasteiger partial charge in [0.25, 0.3) is 0 Å². The number of ether oxygens (including phenoxy) is 10. The fraction of sp³-hybridized carbons (Fsp3) is 0.538. The van der Waals surface area contributed by atoms with Crippen LogP contribution in [0, 0.1) is 0 Å². The van der Waals surface area contributed by atoms with Crippen LogP contribution < -0.4 is 9.47 Å². The van der Waals surface area contributed by atoms with Crippen molar-refractivity contribution >= 4 is 8.07 Å². The highest BCUT2D eigenvalue weighted by molar-refractivity contribution is 6.76. The minimum Gasteiger partial charge on any atom is -0.497 e. The molecular weight excluding hydrogens is 657 g/mol. The molecule has 50 heavy (non-hydrogen) atoms. The van der Waals surface area contributed by atoms with Gasteiger partial charge in [-0.15, -0.1) is 0 Å². The van der Waals surface area contributed by atoms with Gasteiger partial charge in [-0.05, 0) is 47.0 Å². The second-order valence-corrected chi connectivity index (χ2v) is 18.5. The molecule has 3 rings (SSSR count). The Morgan fingerprint density at radius 3 is 1.52 bits per heavy atom. The van der Waals surface area contributed by atoms with Crippen LogP contribution in [0.25, 0.3) is 0 Å². The summed E-state index contributed by atoms with van der Waals surface area (Å²) >= 11 is 0. The Labute approximate surface area is 300 Å². The highest BCUT2D eigenvalue weighted by atomic mass is 28.3. The lowest BCUT2D eigenvalue weighted by Crippen LogP contribution is -2.38. The first kappa shape index (κ1) is 41.6. The molecule has 0 N–H and O–H groups in total. The Morgan fingerprint density at radius 1 is 0.520 bits per heavy atom. The molecule has 0 bridgehead atoms. The topological polar surface area (TPSA) is 92.3 Å². The van der Waals surface area contributed by atoms with Crippen LogP contribution in [0.15, 0.2) is 78.9 Å². The van der Waals surface area contributed by atoms with Crippen LogP contribution in [0.1, 0.15) is 16.7 Å². The zero-order chi connectivity index (χ0) is 35.9. The zero-order valence-corrected chi connectivity index (χ0v) is 31.9. The average Bonchev–Trinajstić information content (AvgIpc) is 3.13. The Balaban J connectivity index is 1.73. The molecule has 0 radical (unpaired) electrons. The van der Waals surface area contributed by atoms with Crippen molar-refractivity contribution in [3.8, 4) is 11.5 Å². The summed E-state index contributed by atoms with van der Waals surface area (Å²) in [6.07, 6.45) is -0.403. The summed E-state index contributed by atoms with van der Waals surface area (Å²) < 4.78 is 57.9. The van der Waals surface area contributed by atoms with Gasteiger partial charge >= 0.3 is 0 Å². The van der Waals surface area contributed by atoms with E-state index in [0.717, 1.165) is 34.2 Å². The number of methoxy groups -OCH3 is 3. The van der Waals surface area contributed by atoms with Crippen molar-refractivity contribution in [1.29, 1.82) is 0 Å². The minimum atomic E-state index is -1.20. The van der Waals surface area contributed by atoms with Crippen molar-refractivity contribution in [2.75, 3.05) is 101 Å². The normalized spacial score (nSPS) is 12.6. The van der Waals surface area contributed by atoms with E-state index in [1.54, 1.807) is 21.3 Å². The average molecular weight is 715 g/mol. The van der Waals surface area contributed by atoms with E-state index < -0.39 is 19.8 Å². The fourth-order valence-electron chi connectivity index (χ4n) is 5.07. The molecular formula is C39H58O10Si.